The van der Waals surface area contributed by atoms with Crippen molar-refractivity contribution < 1.29 is 17.9 Å². The van der Waals surface area contributed by atoms with E-state index in [1.807, 2.05) is 0 Å². The molecule has 7 heteroatoms. The Balaban J connectivity index is 2.52. The number of pyridine rings is 1. The number of halogens is 4. The highest BCUT2D eigenvalue weighted by Gasteiger charge is 2.26. The summed E-state index contributed by atoms with van der Waals surface area (Å²) in [5, 5.41) is 3.63. The third-order valence-corrected chi connectivity index (χ3v) is 2.72. The molecule has 1 aromatic heterocycles. The van der Waals surface area contributed by atoms with Crippen LogP contribution >= 0.6 is 11.6 Å². The van der Waals surface area contributed by atoms with Crippen molar-refractivity contribution in [2.75, 3.05) is 13.2 Å². The van der Waals surface area contributed by atoms with Crippen LogP contribution in [0.25, 0.3) is 0 Å². The maximum Gasteiger partial charge on any atom is 0.392 e. The minimum Gasteiger partial charge on any atom is -0.477 e. The van der Waals surface area contributed by atoms with E-state index in [1.165, 1.54) is 6.07 Å². The van der Waals surface area contributed by atoms with Crippen LogP contribution in [0.5, 0.6) is 5.88 Å². The van der Waals surface area contributed by atoms with Crippen LogP contribution in [0.1, 0.15) is 26.0 Å². The number of nitrogens with one attached hydrogen (secondary N) is 1. The standard InChI is InChI=1S/C13H18ClF3N2O/c1-9(2)7-18-8-11-10(14)3-4-12(19-11)20-6-5-13(15,16)17/h3-4,9,18H,5-8H2,1-2H3. The van der Waals surface area contributed by atoms with Crippen molar-refractivity contribution in [2.45, 2.75) is 33.0 Å². The van der Waals surface area contributed by atoms with Gasteiger partial charge >= 0.3 is 6.18 Å². The van der Waals surface area contributed by atoms with Gasteiger partial charge in [0.25, 0.3) is 0 Å². The summed E-state index contributed by atoms with van der Waals surface area (Å²) in [5.41, 5.74) is 0.567. The Morgan fingerprint density at radius 2 is 2.05 bits per heavy atom. The Morgan fingerprint density at radius 3 is 2.65 bits per heavy atom. The molecule has 0 saturated heterocycles. The molecule has 0 atom stereocenters. The number of hydrogen-bond acceptors (Lipinski definition) is 3. The Hall–Kier alpha value is -1.01. The van der Waals surface area contributed by atoms with Crippen LogP contribution in [0.2, 0.25) is 5.02 Å². The van der Waals surface area contributed by atoms with E-state index in [0.29, 0.717) is 23.2 Å². The highest BCUT2D eigenvalue weighted by molar-refractivity contribution is 6.31. The summed E-state index contributed by atoms with van der Waals surface area (Å²) in [5.74, 6) is 0.639. The lowest BCUT2D eigenvalue weighted by Gasteiger charge is -2.11. The largest absolute Gasteiger partial charge is 0.477 e. The lowest BCUT2D eigenvalue weighted by atomic mass is 10.2. The molecule has 0 radical (unpaired) electrons. The first-order valence-electron chi connectivity index (χ1n) is 6.33. The SMILES string of the molecule is CC(C)CNCc1nc(OCCC(F)(F)F)ccc1Cl. The number of rotatable bonds is 7. The lowest BCUT2D eigenvalue weighted by Crippen LogP contribution is -2.20. The summed E-state index contributed by atoms with van der Waals surface area (Å²) >= 11 is 5.98. The molecule has 0 aliphatic carbocycles. The van der Waals surface area contributed by atoms with Gasteiger partial charge in [-0.25, -0.2) is 4.98 Å². The number of nitrogens with zero attached hydrogens (tertiary/aromatic N) is 1. The highest BCUT2D eigenvalue weighted by Crippen LogP contribution is 2.21. The van der Waals surface area contributed by atoms with Gasteiger partial charge in [-0.2, -0.15) is 13.2 Å². The quantitative estimate of drug-likeness (QED) is 0.831. The maximum absolute atomic E-state index is 12.0. The molecule has 0 unspecified atom stereocenters. The van der Waals surface area contributed by atoms with Crippen molar-refractivity contribution in [3.63, 3.8) is 0 Å². The molecular formula is C13H18ClF3N2O. The fraction of sp³-hybridized carbons (Fsp3) is 0.615. The predicted molar refractivity (Wildman–Crippen MR) is 72.0 cm³/mol. The first-order valence-corrected chi connectivity index (χ1v) is 6.71. The molecule has 0 saturated carbocycles. The second-order valence-electron chi connectivity index (χ2n) is 4.82. The average Bonchev–Trinajstić information content (AvgIpc) is 2.31. The van der Waals surface area contributed by atoms with E-state index in [1.54, 1.807) is 6.07 Å². The molecule has 0 aromatic carbocycles. The summed E-state index contributed by atoms with van der Waals surface area (Å²) in [7, 11) is 0. The first kappa shape index (κ1) is 17.0. The zero-order valence-electron chi connectivity index (χ0n) is 11.4. The van der Waals surface area contributed by atoms with Crippen LogP contribution in [-0.2, 0) is 6.54 Å². The molecule has 3 nitrogen and oxygen atoms in total. The Kier molecular flexibility index (Phi) is 6.55. The zero-order valence-corrected chi connectivity index (χ0v) is 12.2. The van der Waals surface area contributed by atoms with Crippen LogP contribution < -0.4 is 10.1 Å². The van der Waals surface area contributed by atoms with E-state index in [0.717, 1.165) is 6.54 Å². The normalized spacial score (nSPS) is 11.9. The monoisotopic (exact) mass is 310 g/mol. The summed E-state index contributed by atoms with van der Waals surface area (Å²) in [6.45, 7) is 4.94. The Labute approximate surface area is 121 Å². The predicted octanol–water partition coefficient (Wildman–Crippen LogP) is 3.81. The van der Waals surface area contributed by atoms with Gasteiger partial charge < -0.3 is 10.1 Å². The van der Waals surface area contributed by atoms with Gasteiger partial charge in [0.1, 0.15) is 0 Å². The molecule has 20 heavy (non-hydrogen) atoms. The molecule has 0 aliphatic heterocycles. The van der Waals surface area contributed by atoms with Crippen molar-refractivity contribution in [2.24, 2.45) is 5.92 Å². The van der Waals surface area contributed by atoms with Gasteiger partial charge in [0.15, 0.2) is 0 Å². The fourth-order valence-electron chi connectivity index (χ4n) is 1.42. The molecular weight excluding hydrogens is 293 g/mol. The van der Waals surface area contributed by atoms with Gasteiger partial charge in [0.05, 0.1) is 23.7 Å². The first-order chi connectivity index (χ1) is 9.28. The van der Waals surface area contributed by atoms with Gasteiger partial charge in [-0.05, 0) is 18.5 Å². The van der Waals surface area contributed by atoms with E-state index in [-0.39, 0.29) is 5.88 Å². The second kappa shape index (κ2) is 7.69. The van der Waals surface area contributed by atoms with Crippen LogP contribution in [0.4, 0.5) is 13.2 Å². The Bertz CT molecular complexity index is 425. The summed E-state index contributed by atoms with van der Waals surface area (Å²) < 4.78 is 41.0. The second-order valence-corrected chi connectivity index (χ2v) is 5.22. The molecule has 0 amide bonds. The minimum atomic E-state index is -4.23. The third kappa shape index (κ3) is 6.96. The fourth-order valence-corrected chi connectivity index (χ4v) is 1.59. The molecule has 114 valence electrons. The van der Waals surface area contributed by atoms with Crippen LogP contribution in [0.15, 0.2) is 12.1 Å². The number of aromatic nitrogens is 1. The molecule has 0 aliphatic rings. The number of ether oxygens (including phenoxy) is 1. The van der Waals surface area contributed by atoms with E-state index in [9.17, 15) is 13.2 Å². The minimum absolute atomic E-state index is 0.153. The lowest BCUT2D eigenvalue weighted by molar-refractivity contribution is -0.139. The van der Waals surface area contributed by atoms with E-state index < -0.39 is 19.2 Å². The van der Waals surface area contributed by atoms with Gasteiger partial charge in [0.2, 0.25) is 5.88 Å². The average molecular weight is 311 g/mol. The van der Waals surface area contributed by atoms with Crippen molar-refractivity contribution in [3.05, 3.63) is 22.8 Å². The topological polar surface area (TPSA) is 34.2 Å². The zero-order chi connectivity index (χ0) is 15.2. The molecule has 0 bridgehead atoms. The van der Waals surface area contributed by atoms with Crippen molar-refractivity contribution in [1.82, 2.24) is 10.3 Å². The third-order valence-electron chi connectivity index (χ3n) is 2.37. The number of alkyl halides is 3. The van der Waals surface area contributed by atoms with Crippen molar-refractivity contribution >= 4 is 11.6 Å². The molecule has 0 spiro atoms. The molecule has 1 aromatic rings. The summed E-state index contributed by atoms with van der Waals surface area (Å²) in [6, 6.07) is 3.04. The summed E-state index contributed by atoms with van der Waals surface area (Å²) in [4.78, 5) is 4.10. The molecule has 1 rings (SSSR count). The van der Waals surface area contributed by atoms with Crippen molar-refractivity contribution in [3.8, 4) is 5.88 Å². The van der Waals surface area contributed by atoms with E-state index in [4.69, 9.17) is 16.3 Å². The maximum atomic E-state index is 12.0. The van der Waals surface area contributed by atoms with Crippen molar-refractivity contribution in [1.29, 1.82) is 0 Å². The summed E-state index contributed by atoms with van der Waals surface area (Å²) in [6.07, 6.45) is -5.23. The smallest absolute Gasteiger partial charge is 0.392 e. The van der Waals surface area contributed by atoms with Crippen LogP contribution in [0, 0.1) is 5.92 Å². The van der Waals surface area contributed by atoms with E-state index in [2.05, 4.69) is 24.1 Å². The van der Waals surface area contributed by atoms with Crippen LogP contribution in [-0.4, -0.2) is 24.3 Å². The number of hydrogen-bond donors (Lipinski definition) is 1. The van der Waals surface area contributed by atoms with Gasteiger partial charge in [-0.1, -0.05) is 25.4 Å². The highest BCUT2D eigenvalue weighted by atomic mass is 35.5. The van der Waals surface area contributed by atoms with Gasteiger partial charge in [-0.15, -0.1) is 0 Å². The van der Waals surface area contributed by atoms with E-state index >= 15 is 0 Å². The van der Waals surface area contributed by atoms with Crippen LogP contribution in [0.3, 0.4) is 0 Å². The molecule has 0 fully saturated rings. The Morgan fingerprint density at radius 1 is 1.35 bits per heavy atom. The molecule has 1 N–H and O–H groups in total. The van der Waals surface area contributed by atoms with Gasteiger partial charge in [-0.3, -0.25) is 0 Å². The van der Waals surface area contributed by atoms with Gasteiger partial charge in [0, 0.05) is 12.6 Å². The molecule has 1 heterocycles.